The Kier molecular flexibility index (Phi) is 3.47. The number of hydrogen-bond donors (Lipinski definition) is 1. The molecule has 0 amide bonds. The number of nitrogens with zero attached hydrogens (tertiary/aromatic N) is 5. The van der Waals surface area contributed by atoms with Crippen LogP contribution in [-0.2, 0) is 0 Å². The average Bonchev–Trinajstić information content (AvgIpc) is 3.05. The second kappa shape index (κ2) is 5.77. The van der Waals surface area contributed by atoms with Gasteiger partial charge in [0.05, 0.1) is 6.21 Å². The quantitative estimate of drug-likeness (QED) is 0.445. The first-order chi connectivity index (χ1) is 11.3. The molecule has 6 nitrogen and oxygen atoms in total. The molecule has 0 aliphatic rings. The van der Waals surface area contributed by atoms with Crippen molar-refractivity contribution in [3.63, 3.8) is 0 Å². The van der Waals surface area contributed by atoms with Crippen LogP contribution in [0.2, 0.25) is 0 Å². The van der Waals surface area contributed by atoms with Crippen LogP contribution in [0.3, 0.4) is 0 Å². The van der Waals surface area contributed by atoms with E-state index in [9.17, 15) is 0 Å². The highest BCUT2D eigenvalue weighted by atomic mass is 79.9. The first-order valence-electron chi connectivity index (χ1n) is 6.95. The molecule has 2 heterocycles. The molecular formula is C16H11BrN6. The molecule has 4 rings (SSSR count). The van der Waals surface area contributed by atoms with E-state index in [4.69, 9.17) is 0 Å². The number of fused-ring (bicyclic) bond motifs is 3. The Balaban J connectivity index is 1.71. The zero-order valence-electron chi connectivity index (χ0n) is 11.9. The Bertz CT molecular complexity index is 1010. The van der Waals surface area contributed by atoms with Gasteiger partial charge in [0.15, 0.2) is 11.5 Å². The van der Waals surface area contributed by atoms with E-state index in [0.29, 0.717) is 5.82 Å². The zero-order valence-corrected chi connectivity index (χ0v) is 13.5. The second-order valence-corrected chi connectivity index (χ2v) is 5.83. The van der Waals surface area contributed by atoms with Crippen LogP contribution in [0.25, 0.3) is 16.4 Å². The minimum absolute atomic E-state index is 0.654. The fourth-order valence-corrected chi connectivity index (χ4v) is 2.59. The van der Waals surface area contributed by atoms with Crippen LogP contribution in [0.4, 0.5) is 5.82 Å². The topological polar surface area (TPSA) is 67.5 Å². The van der Waals surface area contributed by atoms with Crippen LogP contribution in [0.1, 0.15) is 5.56 Å². The third kappa shape index (κ3) is 2.66. The molecule has 2 aromatic carbocycles. The number of hydrazone groups is 1. The van der Waals surface area contributed by atoms with Crippen LogP contribution < -0.4 is 5.43 Å². The van der Waals surface area contributed by atoms with Gasteiger partial charge in [0.25, 0.3) is 0 Å². The van der Waals surface area contributed by atoms with Gasteiger partial charge in [-0.25, -0.2) is 0 Å². The Morgan fingerprint density at radius 2 is 1.83 bits per heavy atom. The summed E-state index contributed by atoms with van der Waals surface area (Å²) in [5.41, 5.74) is 4.72. The summed E-state index contributed by atoms with van der Waals surface area (Å²) >= 11 is 3.41. The Labute approximate surface area is 140 Å². The summed E-state index contributed by atoms with van der Waals surface area (Å²) in [7, 11) is 0. The van der Waals surface area contributed by atoms with Gasteiger partial charge in [-0.3, -0.25) is 5.43 Å². The largest absolute Gasteiger partial charge is 0.259 e. The van der Waals surface area contributed by atoms with E-state index < -0.39 is 0 Å². The van der Waals surface area contributed by atoms with Gasteiger partial charge in [0, 0.05) is 15.2 Å². The number of aromatic nitrogens is 4. The Morgan fingerprint density at radius 1 is 1.04 bits per heavy atom. The summed E-state index contributed by atoms with van der Waals surface area (Å²) in [4.78, 5) is 0. The van der Waals surface area contributed by atoms with Gasteiger partial charge in [-0.05, 0) is 17.7 Å². The SMILES string of the molecule is Brc1ccc(/C=N/Nc2nn3cnnc3c3ccccc23)cc1. The summed E-state index contributed by atoms with van der Waals surface area (Å²) in [5, 5.41) is 18.7. The van der Waals surface area contributed by atoms with Gasteiger partial charge in [-0.15, -0.1) is 15.3 Å². The maximum absolute atomic E-state index is 4.47. The van der Waals surface area contributed by atoms with E-state index in [2.05, 4.69) is 41.8 Å². The molecule has 0 radical (unpaired) electrons. The number of anilines is 1. The number of rotatable bonds is 3. The molecule has 4 aromatic rings. The summed E-state index contributed by atoms with van der Waals surface area (Å²) in [6.07, 6.45) is 3.32. The Hall–Kier alpha value is -2.80. The van der Waals surface area contributed by atoms with Crippen molar-refractivity contribution in [2.24, 2.45) is 5.10 Å². The minimum atomic E-state index is 0.654. The van der Waals surface area contributed by atoms with E-state index in [-0.39, 0.29) is 0 Å². The van der Waals surface area contributed by atoms with Crippen LogP contribution >= 0.6 is 15.9 Å². The number of benzene rings is 2. The lowest BCUT2D eigenvalue weighted by Gasteiger charge is -2.05. The maximum Gasteiger partial charge on any atom is 0.185 e. The molecule has 0 fully saturated rings. The fraction of sp³-hybridized carbons (Fsp3) is 0. The fourth-order valence-electron chi connectivity index (χ4n) is 2.33. The number of halogens is 1. The molecule has 0 saturated heterocycles. The van der Waals surface area contributed by atoms with Crippen molar-refractivity contribution >= 4 is 44.4 Å². The molecule has 0 aliphatic heterocycles. The van der Waals surface area contributed by atoms with Crippen LogP contribution in [0, 0.1) is 0 Å². The first-order valence-corrected chi connectivity index (χ1v) is 7.74. The maximum atomic E-state index is 4.47. The molecule has 0 unspecified atom stereocenters. The summed E-state index contributed by atoms with van der Waals surface area (Å²) < 4.78 is 2.67. The molecule has 23 heavy (non-hydrogen) atoms. The summed E-state index contributed by atoms with van der Waals surface area (Å²) in [5.74, 6) is 0.654. The van der Waals surface area contributed by atoms with E-state index in [0.717, 1.165) is 26.5 Å². The predicted molar refractivity (Wildman–Crippen MR) is 93.6 cm³/mol. The molecule has 112 valence electrons. The van der Waals surface area contributed by atoms with Gasteiger partial charge in [-0.2, -0.15) is 9.62 Å². The van der Waals surface area contributed by atoms with Crippen molar-refractivity contribution in [3.8, 4) is 0 Å². The standard InChI is InChI=1S/C16H11BrN6/c17-12-7-5-11(6-8-12)9-18-20-15-13-3-1-2-4-14(13)16-21-19-10-23(16)22-15/h1-10H,(H,20,22)/b18-9+. The van der Waals surface area contributed by atoms with E-state index in [1.165, 1.54) is 0 Å². The van der Waals surface area contributed by atoms with Gasteiger partial charge in [0.2, 0.25) is 0 Å². The minimum Gasteiger partial charge on any atom is -0.259 e. The van der Waals surface area contributed by atoms with Crippen LogP contribution in [0.5, 0.6) is 0 Å². The van der Waals surface area contributed by atoms with Gasteiger partial charge < -0.3 is 0 Å². The van der Waals surface area contributed by atoms with E-state index in [1.54, 1.807) is 17.1 Å². The van der Waals surface area contributed by atoms with Crippen molar-refractivity contribution < 1.29 is 0 Å². The summed E-state index contributed by atoms with van der Waals surface area (Å²) in [6.45, 7) is 0. The lowest BCUT2D eigenvalue weighted by Crippen LogP contribution is -2.00. The third-order valence-corrected chi connectivity index (χ3v) is 3.94. The summed E-state index contributed by atoms with van der Waals surface area (Å²) in [6, 6.07) is 15.8. The molecule has 0 bridgehead atoms. The first kappa shape index (κ1) is 13.8. The highest BCUT2D eigenvalue weighted by Crippen LogP contribution is 2.23. The molecule has 0 atom stereocenters. The predicted octanol–water partition coefficient (Wildman–Crippen LogP) is 3.49. The van der Waals surface area contributed by atoms with Crippen molar-refractivity contribution in [1.29, 1.82) is 0 Å². The van der Waals surface area contributed by atoms with Gasteiger partial charge in [-0.1, -0.05) is 52.3 Å². The smallest absolute Gasteiger partial charge is 0.185 e. The van der Waals surface area contributed by atoms with Crippen molar-refractivity contribution in [3.05, 3.63) is 64.9 Å². The monoisotopic (exact) mass is 366 g/mol. The molecule has 1 N–H and O–H groups in total. The normalized spacial score (nSPS) is 11.5. The van der Waals surface area contributed by atoms with Crippen LogP contribution in [0.15, 0.2) is 64.4 Å². The molecule has 0 aliphatic carbocycles. The molecule has 2 aromatic heterocycles. The molecular weight excluding hydrogens is 356 g/mol. The molecule has 0 spiro atoms. The van der Waals surface area contributed by atoms with E-state index >= 15 is 0 Å². The second-order valence-electron chi connectivity index (χ2n) is 4.91. The zero-order chi connectivity index (χ0) is 15.6. The lowest BCUT2D eigenvalue weighted by molar-refractivity contribution is 0.934. The average molecular weight is 367 g/mol. The molecule has 0 saturated carbocycles. The van der Waals surface area contributed by atoms with Crippen molar-refractivity contribution in [2.45, 2.75) is 0 Å². The van der Waals surface area contributed by atoms with Gasteiger partial charge >= 0.3 is 0 Å². The lowest BCUT2D eigenvalue weighted by atomic mass is 10.2. The van der Waals surface area contributed by atoms with Crippen molar-refractivity contribution in [1.82, 2.24) is 19.8 Å². The Morgan fingerprint density at radius 3 is 2.65 bits per heavy atom. The number of nitrogens with one attached hydrogen (secondary N) is 1. The highest BCUT2D eigenvalue weighted by molar-refractivity contribution is 9.10. The molecule has 7 heteroatoms. The third-order valence-electron chi connectivity index (χ3n) is 3.42. The highest BCUT2D eigenvalue weighted by Gasteiger charge is 2.08. The van der Waals surface area contributed by atoms with Gasteiger partial charge in [0.1, 0.15) is 6.33 Å². The van der Waals surface area contributed by atoms with Crippen LogP contribution in [-0.4, -0.2) is 26.0 Å². The van der Waals surface area contributed by atoms with E-state index in [1.807, 2.05) is 48.5 Å². The van der Waals surface area contributed by atoms with Crippen molar-refractivity contribution in [2.75, 3.05) is 5.43 Å². The number of hydrogen-bond acceptors (Lipinski definition) is 5.